The number of carbonyl (C=O) groups is 1. The lowest BCUT2D eigenvalue weighted by Gasteiger charge is -2.29. The maximum absolute atomic E-state index is 11.5. The number of likely N-dealkylation sites (tertiary alicyclic amines) is 1. The highest BCUT2D eigenvalue weighted by Crippen LogP contribution is 2.09. The highest BCUT2D eigenvalue weighted by Gasteiger charge is 2.13. The first-order chi connectivity index (χ1) is 10.2. The molecule has 1 heterocycles. The van der Waals surface area contributed by atoms with Gasteiger partial charge in [0.05, 0.1) is 0 Å². The molecule has 0 bridgehead atoms. The van der Waals surface area contributed by atoms with Crippen LogP contribution in [0.25, 0.3) is 0 Å². The lowest BCUT2D eigenvalue weighted by atomic mass is 10.1. The molecule has 0 radical (unpaired) electrons. The number of nitrogens with one attached hydrogen (secondary N) is 2. The van der Waals surface area contributed by atoms with Gasteiger partial charge in [0.15, 0.2) is 0 Å². The second kappa shape index (κ2) is 8.15. The number of benzene rings is 1. The quantitative estimate of drug-likeness (QED) is 0.842. The van der Waals surface area contributed by atoms with Gasteiger partial charge in [0.1, 0.15) is 0 Å². The summed E-state index contributed by atoms with van der Waals surface area (Å²) in [5.41, 5.74) is 1.93. The molecule has 1 saturated heterocycles. The van der Waals surface area contributed by atoms with Gasteiger partial charge < -0.3 is 15.5 Å². The van der Waals surface area contributed by atoms with Crippen molar-refractivity contribution in [3.8, 4) is 0 Å². The van der Waals surface area contributed by atoms with Crippen LogP contribution in [0.4, 0.5) is 0 Å². The Balaban J connectivity index is 1.75. The van der Waals surface area contributed by atoms with Gasteiger partial charge in [0.25, 0.3) is 5.91 Å². The van der Waals surface area contributed by atoms with Crippen molar-refractivity contribution >= 4 is 5.91 Å². The number of hydrogen-bond donors (Lipinski definition) is 2. The third kappa shape index (κ3) is 5.14. The van der Waals surface area contributed by atoms with Crippen molar-refractivity contribution in [1.82, 2.24) is 15.5 Å². The summed E-state index contributed by atoms with van der Waals surface area (Å²) >= 11 is 0. The highest BCUT2D eigenvalue weighted by atomic mass is 16.1. The van der Waals surface area contributed by atoms with E-state index in [9.17, 15) is 4.79 Å². The largest absolute Gasteiger partial charge is 0.355 e. The van der Waals surface area contributed by atoms with E-state index >= 15 is 0 Å². The third-order valence-electron chi connectivity index (χ3n) is 4.08. The molecule has 1 fully saturated rings. The first-order valence-electron chi connectivity index (χ1n) is 7.96. The van der Waals surface area contributed by atoms with E-state index in [1.54, 1.807) is 7.05 Å². The number of carbonyl (C=O) groups excluding carboxylic acids is 1. The van der Waals surface area contributed by atoms with Crippen LogP contribution < -0.4 is 10.6 Å². The summed E-state index contributed by atoms with van der Waals surface area (Å²) in [6.45, 7) is 6.70. The van der Waals surface area contributed by atoms with E-state index in [0.29, 0.717) is 11.6 Å². The van der Waals surface area contributed by atoms with Gasteiger partial charge in [-0.3, -0.25) is 4.79 Å². The molecule has 0 saturated carbocycles. The maximum atomic E-state index is 11.5. The van der Waals surface area contributed by atoms with Crippen molar-refractivity contribution in [2.45, 2.75) is 38.8 Å². The van der Waals surface area contributed by atoms with Crippen LogP contribution in [0, 0.1) is 0 Å². The Morgan fingerprint density at radius 3 is 2.48 bits per heavy atom. The monoisotopic (exact) mass is 289 g/mol. The molecule has 1 amide bonds. The second-order valence-electron chi connectivity index (χ2n) is 5.92. The Morgan fingerprint density at radius 2 is 1.86 bits per heavy atom. The average molecular weight is 289 g/mol. The van der Waals surface area contributed by atoms with Crippen molar-refractivity contribution < 1.29 is 4.79 Å². The summed E-state index contributed by atoms with van der Waals surface area (Å²) < 4.78 is 0. The zero-order chi connectivity index (χ0) is 15.1. The second-order valence-corrected chi connectivity index (χ2v) is 5.92. The highest BCUT2D eigenvalue weighted by molar-refractivity contribution is 5.93. The summed E-state index contributed by atoms with van der Waals surface area (Å²) in [4.78, 5) is 14.0. The number of amides is 1. The molecule has 4 heteroatoms. The molecule has 1 aromatic carbocycles. The van der Waals surface area contributed by atoms with Crippen LogP contribution in [-0.4, -0.2) is 43.5 Å². The van der Waals surface area contributed by atoms with Crippen LogP contribution in [0.2, 0.25) is 0 Å². The van der Waals surface area contributed by atoms with Crippen molar-refractivity contribution in [3.05, 3.63) is 35.4 Å². The van der Waals surface area contributed by atoms with E-state index in [4.69, 9.17) is 0 Å². The number of hydrogen-bond acceptors (Lipinski definition) is 3. The van der Waals surface area contributed by atoms with Crippen LogP contribution in [0.3, 0.4) is 0 Å². The van der Waals surface area contributed by atoms with E-state index in [1.165, 1.54) is 37.9 Å². The Morgan fingerprint density at radius 1 is 1.19 bits per heavy atom. The molecule has 0 aliphatic carbocycles. The van der Waals surface area contributed by atoms with Gasteiger partial charge in [-0.25, -0.2) is 0 Å². The lowest BCUT2D eigenvalue weighted by molar-refractivity contribution is 0.0963. The van der Waals surface area contributed by atoms with Gasteiger partial charge in [0.2, 0.25) is 0 Å². The number of nitrogens with zero attached hydrogens (tertiary/aromatic N) is 1. The van der Waals surface area contributed by atoms with Crippen LogP contribution in [0.5, 0.6) is 0 Å². The van der Waals surface area contributed by atoms with E-state index in [0.717, 1.165) is 13.1 Å². The molecular formula is C17H27N3O. The predicted molar refractivity (Wildman–Crippen MR) is 86.4 cm³/mol. The normalized spacial score (nSPS) is 17.4. The van der Waals surface area contributed by atoms with E-state index in [-0.39, 0.29) is 5.91 Å². The van der Waals surface area contributed by atoms with Gasteiger partial charge in [-0.15, -0.1) is 0 Å². The SMILES string of the molecule is CNC(=O)c1ccc(CNC(C)CN2CCCCC2)cc1. The molecule has 4 nitrogen and oxygen atoms in total. The summed E-state index contributed by atoms with van der Waals surface area (Å²) in [7, 11) is 1.65. The van der Waals surface area contributed by atoms with Gasteiger partial charge in [-0.1, -0.05) is 18.6 Å². The number of piperidine rings is 1. The molecule has 2 rings (SSSR count). The molecule has 1 aliphatic heterocycles. The third-order valence-corrected chi connectivity index (χ3v) is 4.08. The zero-order valence-corrected chi connectivity index (χ0v) is 13.2. The van der Waals surface area contributed by atoms with Crippen LogP contribution in [-0.2, 0) is 6.54 Å². The lowest BCUT2D eigenvalue weighted by Crippen LogP contribution is -2.41. The minimum atomic E-state index is -0.0343. The first-order valence-corrected chi connectivity index (χ1v) is 7.96. The minimum absolute atomic E-state index is 0.0343. The van der Waals surface area contributed by atoms with Crippen LogP contribution >= 0.6 is 0 Å². The molecule has 1 aromatic rings. The molecule has 0 spiro atoms. The smallest absolute Gasteiger partial charge is 0.251 e. The predicted octanol–water partition coefficient (Wildman–Crippen LogP) is 2.01. The summed E-state index contributed by atoms with van der Waals surface area (Å²) in [5, 5.41) is 6.20. The molecule has 0 aromatic heterocycles. The fourth-order valence-corrected chi connectivity index (χ4v) is 2.80. The molecule has 2 N–H and O–H groups in total. The van der Waals surface area contributed by atoms with Gasteiger partial charge in [-0.05, 0) is 50.6 Å². The van der Waals surface area contributed by atoms with E-state index in [1.807, 2.05) is 24.3 Å². The van der Waals surface area contributed by atoms with Gasteiger partial charge in [0, 0.05) is 31.7 Å². The molecule has 1 unspecified atom stereocenters. The Kier molecular flexibility index (Phi) is 6.21. The van der Waals surface area contributed by atoms with E-state index < -0.39 is 0 Å². The molecule has 116 valence electrons. The number of rotatable bonds is 6. The van der Waals surface area contributed by atoms with Crippen molar-refractivity contribution in [3.63, 3.8) is 0 Å². The molecule has 1 aliphatic rings. The Bertz CT molecular complexity index is 438. The minimum Gasteiger partial charge on any atom is -0.355 e. The Hall–Kier alpha value is -1.39. The summed E-state index contributed by atoms with van der Waals surface area (Å²) in [6.07, 6.45) is 4.07. The van der Waals surface area contributed by atoms with Crippen LogP contribution in [0.1, 0.15) is 42.1 Å². The van der Waals surface area contributed by atoms with Gasteiger partial charge in [-0.2, -0.15) is 0 Å². The Labute approximate surface area is 127 Å². The standard InChI is InChI=1S/C17H27N3O/c1-14(13-20-10-4-3-5-11-20)19-12-15-6-8-16(9-7-15)17(21)18-2/h6-9,14,19H,3-5,10-13H2,1-2H3,(H,18,21). The summed E-state index contributed by atoms with van der Waals surface area (Å²) in [5.74, 6) is -0.0343. The zero-order valence-electron chi connectivity index (χ0n) is 13.2. The molecule has 1 atom stereocenters. The first kappa shape index (κ1) is 16.0. The van der Waals surface area contributed by atoms with Gasteiger partial charge >= 0.3 is 0 Å². The fraction of sp³-hybridized carbons (Fsp3) is 0.588. The summed E-state index contributed by atoms with van der Waals surface area (Å²) in [6, 6.07) is 8.29. The van der Waals surface area contributed by atoms with Crippen molar-refractivity contribution in [2.24, 2.45) is 0 Å². The molecular weight excluding hydrogens is 262 g/mol. The maximum Gasteiger partial charge on any atom is 0.251 e. The van der Waals surface area contributed by atoms with Crippen LogP contribution in [0.15, 0.2) is 24.3 Å². The van der Waals surface area contributed by atoms with Crippen molar-refractivity contribution in [2.75, 3.05) is 26.7 Å². The van der Waals surface area contributed by atoms with Crippen molar-refractivity contribution in [1.29, 1.82) is 0 Å². The van der Waals surface area contributed by atoms with E-state index in [2.05, 4.69) is 22.5 Å². The topological polar surface area (TPSA) is 44.4 Å². The molecule has 21 heavy (non-hydrogen) atoms. The fourth-order valence-electron chi connectivity index (χ4n) is 2.80. The average Bonchev–Trinajstić information content (AvgIpc) is 2.53.